The lowest BCUT2D eigenvalue weighted by molar-refractivity contribution is 0.597. The Kier molecular flexibility index (Phi) is 9.08. The molecule has 0 atom stereocenters. The molecule has 0 spiro atoms. The average molecular weight is 983 g/mol. The molecule has 0 aliphatic carbocycles. The van der Waals surface area contributed by atoms with Gasteiger partial charge in [0.2, 0.25) is 0 Å². The van der Waals surface area contributed by atoms with Crippen LogP contribution < -0.4 is 9.80 Å². The van der Waals surface area contributed by atoms with Crippen LogP contribution >= 0.6 is 11.3 Å². The van der Waals surface area contributed by atoms with E-state index in [1.807, 2.05) is 11.3 Å². The summed E-state index contributed by atoms with van der Waals surface area (Å²) in [5, 5.41) is 2.62. The first kappa shape index (κ1) is 44.5. The van der Waals surface area contributed by atoms with E-state index in [1.54, 1.807) is 0 Å². The normalized spacial score (nSPS) is 16.4. The van der Waals surface area contributed by atoms with E-state index in [4.69, 9.17) is 0 Å². The summed E-state index contributed by atoms with van der Waals surface area (Å²) >= 11 is 1.90. The number of anilines is 6. The summed E-state index contributed by atoms with van der Waals surface area (Å²) in [6.45, 7) is 19.5. The summed E-state index contributed by atoms with van der Waals surface area (Å²) < 4.78 is 2.63. The molecule has 11 aromatic rings. The fourth-order valence-electron chi connectivity index (χ4n) is 13.9. The van der Waals surface area contributed by atoms with Crippen molar-refractivity contribution < 1.29 is 0 Å². The first-order valence-electron chi connectivity index (χ1n) is 26.7. The van der Waals surface area contributed by atoms with Crippen molar-refractivity contribution in [1.29, 1.82) is 0 Å². The summed E-state index contributed by atoms with van der Waals surface area (Å²) in [5.74, 6) is 0. The van der Waals surface area contributed by atoms with Crippen LogP contribution in [0.2, 0.25) is 0 Å². The van der Waals surface area contributed by atoms with Crippen LogP contribution in [-0.4, -0.2) is 0 Å². The number of hydrogen-bond acceptors (Lipinski definition) is 3. The van der Waals surface area contributed by atoms with Crippen molar-refractivity contribution in [2.24, 2.45) is 0 Å². The van der Waals surface area contributed by atoms with E-state index in [2.05, 4.69) is 271 Å². The zero-order valence-electron chi connectivity index (χ0n) is 43.9. The Bertz CT molecular complexity index is 4040. The highest BCUT2D eigenvalue weighted by atomic mass is 32.1. The molecule has 0 fully saturated rings. The van der Waals surface area contributed by atoms with Crippen molar-refractivity contribution in [3.05, 3.63) is 251 Å². The smallest absolute Gasteiger partial charge is 0.0544 e. The first-order chi connectivity index (χ1) is 36.2. The number of fused-ring (bicyclic) bond motifs is 11. The van der Waals surface area contributed by atoms with E-state index in [9.17, 15) is 0 Å². The first-order valence-corrected chi connectivity index (χ1v) is 27.6. The Morgan fingerprint density at radius 2 is 0.560 bits per heavy atom. The lowest BCUT2D eigenvalue weighted by Crippen LogP contribution is -2.38. The van der Waals surface area contributed by atoms with E-state index in [0.717, 1.165) is 0 Å². The van der Waals surface area contributed by atoms with Gasteiger partial charge < -0.3 is 9.80 Å². The lowest BCUT2D eigenvalue weighted by atomic mass is 9.65. The highest BCUT2D eigenvalue weighted by Crippen LogP contribution is 2.63. The molecule has 362 valence electrons. The molecule has 0 bridgehead atoms. The van der Waals surface area contributed by atoms with Crippen LogP contribution in [-0.2, 0) is 21.7 Å². The second kappa shape index (κ2) is 15.3. The summed E-state index contributed by atoms with van der Waals surface area (Å²) in [7, 11) is 0. The van der Waals surface area contributed by atoms with Crippen molar-refractivity contribution in [2.45, 2.75) is 77.0 Å². The van der Waals surface area contributed by atoms with Gasteiger partial charge in [-0.1, -0.05) is 177 Å². The van der Waals surface area contributed by atoms with Gasteiger partial charge in [0.25, 0.3) is 0 Å². The van der Waals surface area contributed by atoms with E-state index in [-0.39, 0.29) is 21.7 Å². The van der Waals surface area contributed by atoms with Gasteiger partial charge in [0.15, 0.2) is 0 Å². The van der Waals surface area contributed by atoms with Crippen molar-refractivity contribution in [3.8, 4) is 44.5 Å². The Morgan fingerprint density at radius 3 is 0.960 bits per heavy atom. The molecule has 0 unspecified atom stereocenters. The van der Waals surface area contributed by atoms with E-state index in [1.165, 1.54) is 143 Å². The van der Waals surface area contributed by atoms with Crippen molar-refractivity contribution in [2.75, 3.05) is 9.80 Å². The molecule has 0 radical (unpaired) electrons. The molecule has 0 saturated heterocycles. The standard InChI is InChI=1S/C72H58N2S/c1-69(2)53-23-15-17-25-61(53)73-62-26-18-16-24-54(62)70(3,4)58-40-49(39-57(69)67(58)73)45-29-33-65-51(35-45)52-36-46(30-34-66(52)75-65)50-41-59-68-60(42-50)72(7,8)56-38-48(44-21-13-10-14-22-44)28-32-64(56)74(68)63-31-27-47(37-55(63)71(59,5)6)43-19-11-9-12-20-43/h9-42H,1-8H3. The van der Waals surface area contributed by atoms with Gasteiger partial charge in [-0.05, 0) is 174 Å². The fraction of sp³-hybridized carbons (Fsp3) is 0.167. The van der Waals surface area contributed by atoms with Gasteiger partial charge in [0.1, 0.15) is 0 Å². The molecule has 2 nitrogen and oxygen atoms in total. The van der Waals surface area contributed by atoms with Gasteiger partial charge in [-0.25, -0.2) is 0 Å². The van der Waals surface area contributed by atoms with Crippen LogP contribution in [0.25, 0.3) is 64.7 Å². The molecule has 5 heterocycles. The highest BCUT2D eigenvalue weighted by molar-refractivity contribution is 7.25. The molecule has 0 saturated carbocycles. The molecule has 1 aromatic heterocycles. The lowest BCUT2D eigenvalue weighted by Gasteiger charge is -2.50. The number of para-hydroxylation sites is 2. The van der Waals surface area contributed by atoms with Crippen LogP contribution in [0.1, 0.15) is 99.9 Å². The quantitative estimate of drug-likeness (QED) is 0.173. The molecule has 4 aliphatic rings. The van der Waals surface area contributed by atoms with E-state index in [0.29, 0.717) is 0 Å². The molecule has 0 N–H and O–H groups in total. The summed E-state index contributed by atoms with van der Waals surface area (Å²) in [5.41, 5.74) is 27.7. The Hall–Kier alpha value is -7.98. The molecular weight excluding hydrogens is 925 g/mol. The molecule has 75 heavy (non-hydrogen) atoms. The van der Waals surface area contributed by atoms with Crippen molar-refractivity contribution in [3.63, 3.8) is 0 Å². The minimum atomic E-state index is -0.291. The van der Waals surface area contributed by atoms with E-state index < -0.39 is 0 Å². The van der Waals surface area contributed by atoms with Crippen LogP contribution in [0.5, 0.6) is 0 Å². The van der Waals surface area contributed by atoms with Gasteiger partial charge in [0.05, 0.1) is 34.1 Å². The Balaban J connectivity index is 0.909. The molecule has 3 heteroatoms. The maximum absolute atomic E-state index is 2.60. The fourth-order valence-corrected chi connectivity index (χ4v) is 15.0. The van der Waals surface area contributed by atoms with E-state index >= 15 is 0 Å². The molecule has 15 rings (SSSR count). The third-order valence-corrected chi connectivity index (χ3v) is 19.3. The van der Waals surface area contributed by atoms with Crippen LogP contribution in [0.4, 0.5) is 34.1 Å². The monoisotopic (exact) mass is 982 g/mol. The molecule has 10 aromatic carbocycles. The van der Waals surface area contributed by atoms with Crippen molar-refractivity contribution >= 4 is 65.6 Å². The minimum Gasteiger partial charge on any atom is -0.309 e. The number of rotatable bonds is 4. The van der Waals surface area contributed by atoms with Gasteiger partial charge in [-0.15, -0.1) is 11.3 Å². The zero-order valence-corrected chi connectivity index (χ0v) is 44.7. The molecular formula is C72H58N2S. The van der Waals surface area contributed by atoms with Gasteiger partial charge in [-0.3, -0.25) is 0 Å². The Labute approximate surface area is 445 Å². The topological polar surface area (TPSA) is 6.48 Å². The predicted octanol–water partition coefficient (Wildman–Crippen LogP) is 20.2. The van der Waals surface area contributed by atoms with Gasteiger partial charge in [-0.2, -0.15) is 0 Å². The maximum atomic E-state index is 2.60. The summed E-state index contributed by atoms with van der Waals surface area (Å²) in [6, 6.07) is 78.7. The molecule has 0 amide bonds. The number of thiophene rings is 1. The summed E-state index contributed by atoms with van der Waals surface area (Å²) in [4.78, 5) is 5.16. The maximum Gasteiger partial charge on any atom is 0.0544 e. The third-order valence-electron chi connectivity index (χ3n) is 18.2. The predicted molar refractivity (Wildman–Crippen MR) is 319 cm³/mol. The third kappa shape index (κ3) is 6.13. The SMILES string of the molecule is CC1(C)c2ccccc2N2c3ccccc3C(C)(C)c3cc(-c4ccc5sc6ccc(-c7cc8c9c(c7)C(C)(C)c7cc(-c%10ccccc%10)ccc7N9c7ccc(-c9ccccc9)cc7C8(C)C)cc6c5c4)cc1c32. The van der Waals surface area contributed by atoms with Crippen LogP contribution in [0.15, 0.2) is 206 Å². The van der Waals surface area contributed by atoms with Crippen LogP contribution in [0, 0.1) is 0 Å². The number of hydrogen-bond donors (Lipinski definition) is 0. The van der Waals surface area contributed by atoms with Crippen LogP contribution in [0.3, 0.4) is 0 Å². The summed E-state index contributed by atoms with van der Waals surface area (Å²) in [6.07, 6.45) is 0. The largest absolute Gasteiger partial charge is 0.309 e. The van der Waals surface area contributed by atoms with Crippen molar-refractivity contribution in [1.82, 2.24) is 0 Å². The average Bonchev–Trinajstić information content (AvgIpc) is 3.88. The Morgan fingerprint density at radius 1 is 0.253 bits per heavy atom. The van der Waals surface area contributed by atoms with Gasteiger partial charge in [0, 0.05) is 41.8 Å². The van der Waals surface area contributed by atoms with Gasteiger partial charge >= 0.3 is 0 Å². The number of nitrogens with zero attached hydrogens (tertiary/aromatic N) is 2. The minimum absolute atomic E-state index is 0.198. The second-order valence-electron chi connectivity index (χ2n) is 23.8. The molecule has 4 aliphatic heterocycles. The highest BCUT2D eigenvalue weighted by Gasteiger charge is 2.48. The number of benzene rings is 10. The zero-order chi connectivity index (χ0) is 50.9. The second-order valence-corrected chi connectivity index (χ2v) is 24.8.